The fraction of sp³-hybridized carbons (Fsp3) is 1.00. The maximum absolute atomic E-state index is 4.89. The van der Waals surface area contributed by atoms with Gasteiger partial charge in [-0.1, -0.05) is 26.2 Å². The number of unbranched alkanes of at least 4 members (excludes halogenated alkanes) is 3. The standard InChI is InChI=1S/C7H16O.H2O/c1-3-4-5-6-7-8-2;/h3-7H2,1-2H3;1H2. The maximum Gasteiger partial charge on any atom is 0.0462 e. The summed E-state index contributed by atoms with van der Waals surface area (Å²) in [6.45, 7) is 3.15. The quantitative estimate of drug-likeness (QED) is 0.524. The Kier molecular flexibility index (Phi) is 14.0. The summed E-state index contributed by atoms with van der Waals surface area (Å²) in [7, 11) is 1.76. The Morgan fingerprint density at radius 2 is 1.78 bits per heavy atom. The molecule has 0 atom stereocenters. The fourth-order valence-electron chi connectivity index (χ4n) is 0.673. The van der Waals surface area contributed by atoms with Crippen LogP contribution in [0.15, 0.2) is 0 Å². The van der Waals surface area contributed by atoms with Gasteiger partial charge in [0.05, 0.1) is 0 Å². The SMILES string of the molecule is CCCCCCOC.O. The third kappa shape index (κ3) is 11.5. The zero-order valence-corrected chi connectivity index (χ0v) is 6.44. The highest BCUT2D eigenvalue weighted by atomic mass is 16.5. The van der Waals surface area contributed by atoms with Gasteiger partial charge in [0, 0.05) is 13.7 Å². The van der Waals surface area contributed by atoms with Crippen LogP contribution in [0.2, 0.25) is 0 Å². The molecule has 0 amide bonds. The second-order valence-electron chi connectivity index (χ2n) is 2.05. The lowest BCUT2D eigenvalue weighted by Crippen LogP contribution is -1.86. The van der Waals surface area contributed by atoms with Crippen LogP contribution in [0.3, 0.4) is 0 Å². The van der Waals surface area contributed by atoms with Gasteiger partial charge in [-0.15, -0.1) is 0 Å². The van der Waals surface area contributed by atoms with E-state index in [-0.39, 0.29) is 5.48 Å². The first kappa shape index (κ1) is 11.7. The first-order chi connectivity index (χ1) is 3.91. The van der Waals surface area contributed by atoms with E-state index in [1.165, 1.54) is 25.7 Å². The number of hydrogen-bond donors (Lipinski definition) is 0. The summed E-state index contributed by atoms with van der Waals surface area (Å²) >= 11 is 0. The van der Waals surface area contributed by atoms with E-state index in [1.807, 2.05) is 0 Å². The Hall–Kier alpha value is -0.0800. The highest BCUT2D eigenvalue weighted by Crippen LogP contribution is 1.97. The average Bonchev–Trinajstić information content (AvgIpc) is 1.81. The first-order valence-electron chi connectivity index (χ1n) is 3.40. The highest BCUT2D eigenvalue weighted by Gasteiger charge is 1.83. The van der Waals surface area contributed by atoms with Crippen LogP contribution < -0.4 is 0 Å². The zero-order chi connectivity index (χ0) is 6.24. The van der Waals surface area contributed by atoms with Crippen LogP contribution in [0.4, 0.5) is 0 Å². The molecule has 0 saturated heterocycles. The van der Waals surface area contributed by atoms with Gasteiger partial charge < -0.3 is 10.2 Å². The minimum atomic E-state index is 0. The van der Waals surface area contributed by atoms with E-state index in [4.69, 9.17) is 4.74 Å². The Morgan fingerprint density at radius 3 is 2.22 bits per heavy atom. The molecule has 0 radical (unpaired) electrons. The molecule has 0 bridgehead atoms. The molecule has 2 heteroatoms. The van der Waals surface area contributed by atoms with E-state index in [2.05, 4.69) is 6.92 Å². The summed E-state index contributed by atoms with van der Waals surface area (Å²) in [5.41, 5.74) is 0. The largest absolute Gasteiger partial charge is 0.412 e. The lowest BCUT2D eigenvalue weighted by molar-refractivity contribution is 0.192. The topological polar surface area (TPSA) is 40.7 Å². The third-order valence-corrected chi connectivity index (χ3v) is 1.20. The number of ether oxygens (including phenoxy) is 1. The van der Waals surface area contributed by atoms with Gasteiger partial charge in [0.1, 0.15) is 0 Å². The molecule has 2 N–H and O–H groups in total. The molecule has 0 unspecified atom stereocenters. The molecule has 0 rings (SSSR count). The summed E-state index contributed by atoms with van der Waals surface area (Å²) in [6, 6.07) is 0. The van der Waals surface area contributed by atoms with Gasteiger partial charge in [0.2, 0.25) is 0 Å². The lowest BCUT2D eigenvalue weighted by atomic mass is 10.2. The van der Waals surface area contributed by atoms with Gasteiger partial charge in [-0.25, -0.2) is 0 Å². The number of hydrogen-bond acceptors (Lipinski definition) is 1. The van der Waals surface area contributed by atoms with Crippen molar-refractivity contribution in [1.29, 1.82) is 0 Å². The summed E-state index contributed by atoms with van der Waals surface area (Å²) in [5.74, 6) is 0. The molecular weight excluding hydrogens is 116 g/mol. The van der Waals surface area contributed by atoms with Crippen LogP contribution in [0.1, 0.15) is 32.6 Å². The van der Waals surface area contributed by atoms with E-state index in [0.29, 0.717) is 0 Å². The van der Waals surface area contributed by atoms with Crippen molar-refractivity contribution in [2.75, 3.05) is 13.7 Å². The Bertz CT molecular complexity index is 31.9. The van der Waals surface area contributed by atoms with Crippen molar-refractivity contribution in [3.8, 4) is 0 Å². The van der Waals surface area contributed by atoms with Gasteiger partial charge in [0.15, 0.2) is 0 Å². The molecule has 0 saturated carbocycles. The van der Waals surface area contributed by atoms with Gasteiger partial charge in [-0.2, -0.15) is 0 Å². The number of methoxy groups -OCH3 is 1. The molecule has 0 aliphatic rings. The van der Waals surface area contributed by atoms with E-state index in [9.17, 15) is 0 Å². The van der Waals surface area contributed by atoms with Crippen LogP contribution in [0.5, 0.6) is 0 Å². The Balaban J connectivity index is 0. The molecule has 0 aromatic carbocycles. The van der Waals surface area contributed by atoms with Crippen LogP contribution in [0, 0.1) is 0 Å². The smallest absolute Gasteiger partial charge is 0.0462 e. The monoisotopic (exact) mass is 134 g/mol. The van der Waals surface area contributed by atoms with E-state index < -0.39 is 0 Å². The van der Waals surface area contributed by atoms with Gasteiger partial charge in [-0.3, -0.25) is 0 Å². The van der Waals surface area contributed by atoms with Gasteiger partial charge in [0.25, 0.3) is 0 Å². The maximum atomic E-state index is 4.89. The summed E-state index contributed by atoms with van der Waals surface area (Å²) in [6.07, 6.45) is 5.21. The molecule has 2 nitrogen and oxygen atoms in total. The molecule has 0 aromatic rings. The predicted octanol–water partition coefficient (Wildman–Crippen LogP) is 1.39. The van der Waals surface area contributed by atoms with E-state index >= 15 is 0 Å². The van der Waals surface area contributed by atoms with Gasteiger partial charge in [-0.05, 0) is 6.42 Å². The van der Waals surface area contributed by atoms with Crippen LogP contribution >= 0.6 is 0 Å². The first-order valence-corrected chi connectivity index (χ1v) is 3.40. The van der Waals surface area contributed by atoms with E-state index in [0.717, 1.165) is 6.61 Å². The molecule has 0 aliphatic carbocycles. The second kappa shape index (κ2) is 10.8. The highest BCUT2D eigenvalue weighted by molar-refractivity contribution is 4.37. The predicted molar refractivity (Wildman–Crippen MR) is 39.6 cm³/mol. The molecule has 9 heavy (non-hydrogen) atoms. The molecular formula is C7H18O2. The van der Waals surface area contributed by atoms with Crippen LogP contribution in [-0.4, -0.2) is 19.2 Å². The Morgan fingerprint density at radius 1 is 1.11 bits per heavy atom. The molecule has 0 aliphatic heterocycles. The summed E-state index contributed by atoms with van der Waals surface area (Å²) in [4.78, 5) is 0. The lowest BCUT2D eigenvalue weighted by Gasteiger charge is -1.95. The normalized spacial score (nSPS) is 8.67. The van der Waals surface area contributed by atoms with Crippen molar-refractivity contribution in [2.45, 2.75) is 32.6 Å². The fourth-order valence-corrected chi connectivity index (χ4v) is 0.673. The molecule has 0 spiro atoms. The zero-order valence-electron chi connectivity index (χ0n) is 6.44. The van der Waals surface area contributed by atoms with Crippen molar-refractivity contribution < 1.29 is 10.2 Å². The second-order valence-corrected chi connectivity index (χ2v) is 2.05. The number of rotatable bonds is 5. The molecule has 0 aromatic heterocycles. The Labute approximate surface area is 57.5 Å². The minimum absolute atomic E-state index is 0. The molecule has 58 valence electrons. The summed E-state index contributed by atoms with van der Waals surface area (Å²) in [5, 5.41) is 0. The van der Waals surface area contributed by atoms with Crippen molar-refractivity contribution >= 4 is 0 Å². The summed E-state index contributed by atoms with van der Waals surface area (Å²) < 4.78 is 4.89. The van der Waals surface area contributed by atoms with Crippen molar-refractivity contribution in [3.05, 3.63) is 0 Å². The van der Waals surface area contributed by atoms with E-state index in [1.54, 1.807) is 7.11 Å². The van der Waals surface area contributed by atoms with Crippen LogP contribution in [-0.2, 0) is 4.74 Å². The third-order valence-electron chi connectivity index (χ3n) is 1.20. The molecule has 0 heterocycles. The van der Waals surface area contributed by atoms with Gasteiger partial charge >= 0.3 is 0 Å². The minimum Gasteiger partial charge on any atom is -0.412 e. The average molecular weight is 134 g/mol. The van der Waals surface area contributed by atoms with Crippen molar-refractivity contribution in [2.24, 2.45) is 0 Å². The van der Waals surface area contributed by atoms with Crippen LogP contribution in [0.25, 0.3) is 0 Å². The van der Waals surface area contributed by atoms with Crippen molar-refractivity contribution in [1.82, 2.24) is 0 Å². The van der Waals surface area contributed by atoms with Crippen molar-refractivity contribution in [3.63, 3.8) is 0 Å². The molecule has 0 fully saturated rings.